The molecule has 0 spiro atoms. The van der Waals surface area contributed by atoms with E-state index in [0.717, 1.165) is 31.2 Å². The summed E-state index contributed by atoms with van der Waals surface area (Å²) in [6.07, 6.45) is 3.55. The summed E-state index contributed by atoms with van der Waals surface area (Å²) in [6.45, 7) is 7.28. The van der Waals surface area contributed by atoms with Crippen LogP contribution in [0.25, 0.3) is 11.4 Å². The average molecular weight is 621 g/mol. The number of carbonyl (C=O) groups excluding carboxylic acids is 4. The van der Waals surface area contributed by atoms with E-state index in [2.05, 4.69) is 15.2 Å². The molecule has 0 bridgehead atoms. The summed E-state index contributed by atoms with van der Waals surface area (Å²) in [4.78, 5) is 66.7. The molecular weight excluding hydrogens is 576 g/mol. The van der Waals surface area contributed by atoms with E-state index in [0.29, 0.717) is 63.9 Å². The average Bonchev–Trinajstić information content (AvgIpc) is 3.58. The molecule has 12 nitrogen and oxygen atoms in total. The molecule has 2 saturated heterocycles. The quantitative estimate of drug-likeness (QED) is 0.280. The zero-order chi connectivity index (χ0) is 31.9. The first-order valence-corrected chi connectivity index (χ1v) is 16.1. The molecule has 3 unspecified atom stereocenters. The van der Waals surface area contributed by atoms with Crippen molar-refractivity contribution in [1.82, 2.24) is 25.1 Å². The predicted octanol–water partition coefficient (Wildman–Crippen LogP) is 3.37. The second kappa shape index (κ2) is 14.7. The minimum Gasteiger partial charge on any atom is -0.469 e. The van der Waals surface area contributed by atoms with E-state index >= 15 is 0 Å². The Morgan fingerprint density at radius 2 is 1.60 bits per heavy atom. The van der Waals surface area contributed by atoms with E-state index in [1.165, 1.54) is 7.11 Å². The maximum Gasteiger partial charge on any atom is 0.409 e. The summed E-state index contributed by atoms with van der Waals surface area (Å²) in [6, 6.07) is 10.4. The second-order valence-electron chi connectivity index (χ2n) is 12.0. The topological polar surface area (TPSA) is 134 Å². The molecule has 0 radical (unpaired) electrons. The van der Waals surface area contributed by atoms with Crippen LogP contribution < -0.4 is 10.2 Å². The summed E-state index contributed by atoms with van der Waals surface area (Å²) < 4.78 is 10.3. The number of unbranched alkanes of at least 4 members (excludes halogenated alkanes) is 2. The molecule has 3 heterocycles. The first-order chi connectivity index (χ1) is 21.8. The summed E-state index contributed by atoms with van der Waals surface area (Å²) in [5, 5.41) is 2.97. The van der Waals surface area contributed by atoms with Gasteiger partial charge in [0.1, 0.15) is 17.6 Å². The summed E-state index contributed by atoms with van der Waals surface area (Å²) >= 11 is 0. The Morgan fingerprint density at radius 1 is 0.933 bits per heavy atom. The van der Waals surface area contributed by atoms with Crippen molar-refractivity contribution in [3.63, 3.8) is 0 Å². The molecule has 2 aromatic rings. The molecule has 12 heteroatoms. The van der Waals surface area contributed by atoms with Gasteiger partial charge in [-0.3, -0.25) is 14.4 Å². The summed E-state index contributed by atoms with van der Waals surface area (Å²) in [5.74, 6) is 0.586. The number of piperazine rings is 1. The maximum absolute atomic E-state index is 13.8. The number of benzene rings is 1. The van der Waals surface area contributed by atoms with Gasteiger partial charge in [0.15, 0.2) is 5.82 Å². The van der Waals surface area contributed by atoms with Gasteiger partial charge >= 0.3 is 12.1 Å². The number of ether oxygens (including phenoxy) is 2. The molecule has 1 N–H and O–H groups in total. The van der Waals surface area contributed by atoms with Gasteiger partial charge in [-0.1, -0.05) is 63.4 Å². The van der Waals surface area contributed by atoms with Crippen LogP contribution in [0, 0.1) is 17.8 Å². The van der Waals surface area contributed by atoms with Gasteiger partial charge in [-0.2, -0.15) is 0 Å². The Balaban J connectivity index is 1.29. The predicted molar refractivity (Wildman–Crippen MR) is 167 cm³/mol. The number of piperidine rings is 1. The van der Waals surface area contributed by atoms with Crippen molar-refractivity contribution < 1.29 is 28.7 Å². The third-order valence-electron chi connectivity index (χ3n) is 8.99. The van der Waals surface area contributed by atoms with Crippen molar-refractivity contribution >= 4 is 29.7 Å². The highest BCUT2D eigenvalue weighted by Crippen LogP contribution is 2.53. The Morgan fingerprint density at radius 3 is 2.24 bits per heavy atom. The molecule has 3 atom stereocenters. The van der Waals surface area contributed by atoms with Crippen molar-refractivity contribution in [3.05, 3.63) is 42.1 Å². The van der Waals surface area contributed by atoms with Crippen molar-refractivity contribution in [1.29, 1.82) is 0 Å². The van der Waals surface area contributed by atoms with Gasteiger partial charge in [-0.15, -0.1) is 0 Å². The first-order valence-electron chi connectivity index (χ1n) is 16.1. The van der Waals surface area contributed by atoms with E-state index in [1.807, 2.05) is 44.2 Å². The fourth-order valence-electron chi connectivity index (χ4n) is 6.25. The van der Waals surface area contributed by atoms with Gasteiger partial charge < -0.3 is 29.5 Å². The number of esters is 1. The van der Waals surface area contributed by atoms with Crippen LogP contribution >= 0.6 is 0 Å². The highest BCUT2D eigenvalue weighted by Gasteiger charge is 2.60. The number of carbonyl (C=O) groups is 4. The highest BCUT2D eigenvalue weighted by molar-refractivity contribution is 5.97. The van der Waals surface area contributed by atoms with Gasteiger partial charge in [-0.05, 0) is 24.7 Å². The SMILES string of the molecule is CCCCOC(=O)N1CCN(C(=O)C(CCCC)NC(=O)c2cc(N3CC4C(C3)C4C(=O)OC)nc(-c3ccccc3)n2)CC1. The maximum atomic E-state index is 13.8. The van der Waals surface area contributed by atoms with Crippen LogP contribution in [0.3, 0.4) is 0 Å². The van der Waals surface area contributed by atoms with Crippen LogP contribution in [0.2, 0.25) is 0 Å². The standard InChI is InChI=1S/C33H44N6O6/c1-4-6-13-25(31(41)37-14-16-38(17-15-37)33(43)45-18-7-5-2)35-30(40)26-19-27(36-29(34-26)22-11-9-8-10-12-22)39-20-23-24(21-39)28(23)32(42)44-3/h8-12,19,23-25,28H,4-7,13-18,20-21H2,1-3H3,(H,35,40). The molecule has 5 rings (SSSR count). The van der Waals surface area contributed by atoms with E-state index in [4.69, 9.17) is 14.5 Å². The molecule has 2 aliphatic heterocycles. The van der Waals surface area contributed by atoms with Crippen molar-refractivity contribution in [3.8, 4) is 11.4 Å². The molecule has 45 heavy (non-hydrogen) atoms. The van der Waals surface area contributed by atoms with Crippen LogP contribution in [0.5, 0.6) is 0 Å². The number of rotatable bonds is 12. The normalized spacial score (nSPS) is 21.1. The number of methoxy groups -OCH3 is 1. The Labute approximate surface area is 264 Å². The number of nitrogens with one attached hydrogen (secondary N) is 1. The van der Waals surface area contributed by atoms with E-state index in [9.17, 15) is 19.2 Å². The zero-order valence-corrected chi connectivity index (χ0v) is 26.4. The van der Waals surface area contributed by atoms with E-state index in [1.54, 1.807) is 15.9 Å². The van der Waals surface area contributed by atoms with Gasteiger partial charge in [0.05, 0.1) is 19.6 Å². The van der Waals surface area contributed by atoms with Crippen molar-refractivity contribution in [2.75, 3.05) is 57.9 Å². The number of nitrogens with zero attached hydrogens (tertiary/aromatic N) is 5. The molecule has 3 aliphatic rings. The lowest BCUT2D eigenvalue weighted by atomic mass is 10.1. The highest BCUT2D eigenvalue weighted by atomic mass is 16.6. The molecule has 1 aromatic heterocycles. The number of anilines is 1. The number of fused-ring (bicyclic) bond motifs is 1. The molecule has 1 saturated carbocycles. The fourth-order valence-corrected chi connectivity index (χ4v) is 6.25. The van der Waals surface area contributed by atoms with Crippen LogP contribution in [0.4, 0.5) is 10.6 Å². The van der Waals surface area contributed by atoms with Crippen molar-refractivity contribution in [2.45, 2.75) is 52.0 Å². The number of aromatic nitrogens is 2. The van der Waals surface area contributed by atoms with Gasteiger partial charge in [-0.25, -0.2) is 14.8 Å². The molecular formula is C33H44N6O6. The molecule has 242 valence electrons. The summed E-state index contributed by atoms with van der Waals surface area (Å²) in [5.41, 5.74) is 0.952. The van der Waals surface area contributed by atoms with Crippen LogP contribution in [-0.4, -0.2) is 103 Å². The lowest BCUT2D eigenvalue weighted by Crippen LogP contribution is -2.56. The Hall–Kier alpha value is -4.22. The zero-order valence-electron chi connectivity index (χ0n) is 26.4. The number of hydrogen-bond donors (Lipinski definition) is 1. The monoisotopic (exact) mass is 620 g/mol. The number of amides is 3. The Bertz CT molecular complexity index is 1350. The minimum absolute atomic E-state index is 0.0802. The lowest BCUT2D eigenvalue weighted by molar-refractivity contribution is -0.143. The van der Waals surface area contributed by atoms with Crippen LogP contribution in [0.15, 0.2) is 36.4 Å². The van der Waals surface area contributed by atoms with Gasteiger partial charge in [0.2, 0.25) is 5.91 Å². The molecule has 3 fully saturated rings. The summed E-state index contributed by atoms with van der Waals surface area (Å²) in [7, 11) is 1.42. The number of hydrogen-bond acceptors (Lipinski definition) is 9. The van der Waals surface area contributed by atoms with Gasteiger partial charge in [0, 0.05) is 50.9 Å². The third-order valence-corrected chi connectivity index (χ3v) is 8.99. The third kappa shape index (κ3) is 7.54. The smallest absolute Gasteiger partial charge is 0.409 e. The largest absolute Gasteiger partial charge is 0.469 e. The van der Waals surface area contributed by atoms with Crippen LogP contribution in [0.1, 0.15) is 56.4 Å². The molecule has 1 aliphatic carbocycles. The second-order valence-corrected chi connectivity index (χ2v) is 12.0. The van der Waals surface area contributed by atoms with Crippen LogP contribution in [-0.2, 0) is 19.1 Å². The lowest BCUT2D eigenvalue weighted by Gasteiger charge is -2.36. The Kier molecular flexibility index (Phi) is 10.5. The van der Waals surface area contributed by atoms with Crippen molar-refractivity contribution in [2.24, 2.45) is 17.8 Å². The molecule has 1 aromatic carbocycles. The first kappa shape index (κ1) is 32.2. The van der Waals surface area contributed by atoms with Gasteiger partial charge in [0.25, 0.3) is 5.91 Å². The molecule has 3 amide bonds. The fraction of sp³-hybridized carbons (Fsp3) is 0.576. The minimum atomic E-state index is -0.723. The van der Waals surface area contributed by atoms with E-state index in [-0.39, 0.29) is 41.4 Å². The van der Waals surface area contributed by atoms with E-state index < -0.39 is 11.9 Å².